The van der Waals surface area contributed by atoms with Gasteiger partial charge in [0, 0.05) is 10.3 Å². The molecule has 0 aliphatic rings. The number of aromatic hydroxyl groups is 1. The van der Waals surface area contributed by atoms with E-state index < -0.39 is 0 Å². The van der Waals surface area contributed by atoms with E-state index >= 15 is 0 Å². The smallest absolute Gasteiger partial charge is 0.169 e. The number of phenolic OH excluding ortho intramolecular Hbond substituents is 1. The third-order valence-corrected chi connectivity index (χ3v) is 6.21. The minimum atomic E-state index is -0.0956. The van der Waals surface area contributed by atoms with Gasteiger partial charge in [-0.25, -0.2) is 0 Å². The van der Waals surface area contributed by atoms with Gasteiger partial charge in [0.2, 0.25) is 0 Å². The van der Waals surface area contributed by atoms with Crippen molar-refractivity contribution in [2.24, 2.45) is 0 Å². The van der Waals surface area contributed by atoms with Gasteiger partial charge in [-0.1, -0.05) is 26.0 Å². The number of thiophene rings is 1. The number of hydrogen-bond acceptors (Lipinski definition) is 3. The third-order valence-electron chi connectivity index (χ3n) is 4.67. The minimum absolute atomic E-state index is 0.0956. The average Bonchev–Trinajstić information content (AvgIpc) is 2.87. The monoisotopic (exact) mass is 316 g/mol. The van der Waals surface area contributed by atoms with E-state index in [0.717, 1.165) is 28.8 Å². The first-order valence-corrected chi connectivity index (χ1v) is 8.59. The SMILES string of the molecule is CCC(CC)(c1ccc(O)c(C)c1)c1cc(C)c(C(C)=O)s1. The molecular formula is C19H24O2S. The highest BCUT2D eigenvalue weighted by atomic mass is 32.1. The summed E-state index contributed by atoms with van der Waals surface area (Å²) in [7, 11) is 0. The van der Waals surface area contributed by atoms with Crippen LogP contribution in [0, 0.1) is 13.8 Å². The molecule has 0 saturated heterocycles. The largest absolute Gasteiger partial charge is 0.508 e. The Bertz CT molecular complexity index is 693. The van der Waals surface area contributed by atoms with Gasteiger partial charge in [0.05, 0.1) is 4.88 Å². The van der Waals surface area contributed by atoms with Crippen LogP contribution in [0.25, 0.3) is 0 Å². The van der Waals surface area contributed by atoms with Crippen LogP contribution in [0.5, 0.6) is 5.75 Å². The summed E-state index contributed by atoms with van der Waals surface area (Å²) in [5, 5.41) is 9.80. The van der Waals surface area contributed by atoms with Crippen molar-refractivity contribution in [2.45, 2.75) is 52.9 Å². The summed E-state index contributed by atoms with van der Waals surface area (Å²) in [6.07, 6.45) is 1.93. The van der Waals surface area contributed by atoms with Crippen LogP contribution in [0.1, 0.15) is 64.9 Å². The average molecular weight is 316 g/mol. The molecule has 0 unspecified atom stereocenters. The van der Waals surface area contributed by atoms with Crippen LogP contribution in [0.4, 0.5) is 0 Å². The number of ketones is 1. The molecule has 118 valence electrons. The molecule has 3 heteroatoms. The first kappa shape index (κ1) is 16.8. The quantitative estimate of drug-likeness (QED) is 0.752. The zero-order chi connectivity index (χ0) is 16.5. The molecule has 0 radical (unpaired) electrons. The molecule has 0 bridgehead atoms. The Labute approximate surface area is 136 Å². The van der Waals surface area contributed by atoms with Gasteiger partial charge in [0.15, 0.2) is 5.78 Å². The van der Waals surface area contributed by atoms with Crippen molar-refractivity contribution in [3.8, 4) is 5.75 Å². The molecule has 1 heterocycles. The molecule has 2 aromatic rings. The molecule has 0 aliphatic carbocycles. The molecule has 1 N–H and O–H groups in total. The topological polar surface area (TPSA) is 37.3 Å². The summed E-state index contributed by atoms with van der Waals surface area (Å²) in [6, 6.07) is 8.02. The molecule has 0 spiro atoms. The zero-order valence-corrected chi connectivity index (χ0v) is 14.8. The molecule has 0 fully saturated rings. The Morgan fingerprint density at radius 3 is 2.23 bits per heavy atom. The second kappa shape index (κ2) is 6.25. The number of carbonyl (C=O) groups excluding carboxylic acids is 1. The number of aryl methyl sites for hydroxylation is 2. The van der Waals surface area contributed by atoms with E-state index in [9.17, 15) is 9.90 Å². The number of phenols is 1. The first-order chi connectivity index (χ1) is 10.4. The number of hydrogen-bond donors (Lipinski definition) is 1. The van der Waals surface area contributed by atoms with Crippen LogP contribution in [-0.4, -0.2) is 10.9 Å². The van der Waals surface area contributed by atoms with Crippen molar-refractivity contribution >= 4 is 17.1 Å². The van der Waals surface area contributed by atoms with Crippen LogP contribution in [0.3, 0.4) is 0 Å². The van der Waals surface area contributed by atoms with E-state index in [1.54, 1.807) is 24.3 Å². The van der Waals surface area contributed by atoms with E-state index in [1.165, 1.54) is 10.4 Å². The van der Waals surface area contributed by atoms with E-state index in [0.29, 0.717) is 5.75 Å². The predicted octanol–water partition coefficient (Wildman–Crippen LogP) is 5.38. The van der Waals surface area contributed by atoms with Gasteiger partial charge in [0.25, 0.3) is 0 Å². The Hall–Kier alpha value is -1.61. The molecule has 1 aromatic heterocycles. The van der Waals surface area contributed by atoms with Gasteiger partial charge >= 0.3 is 0 Å². The Balaban J connectivity index is 2.64. The summed E-state index contributed by atoms with van der Waals surface area (Å²) in [5.74, 6) is 0.466. The summed E-state index contributed by atoms with van der Waals surface area (Å²) in [5.41, 5.74) is 3.07. The normalized spacial score (nSPS) is 11.7. The van der Waals surface area contributed by atoms with Crippen LogP contribution < -0.4 is 0 Å². The molecule has 0 saturated carbocycles. The summed E-state index contributed by atoms with van der Waals surface area (Å²) in [6.45, 7) is 9.94. The molecular weight excluding hydrogens is 292 g/mol. The lowest BCUT2D eigenvalue weighted by molar-refractivity contribution is 0.102. The summed E-state index contributed by atoms with van der Waals surface area (Å²) >= 11 is 1.62. The van der Waals surface area contributed by atoms with Gasteiger partial charge in [0.1, 0.15) is 5.75 Å². The number of rotatable bonds is 5. The second-order valence-corrected chi connectivity index (χ2v) is 7.02. The number of Topliss-reactive ketones (excluding diaryl/α,β-unsaturated/α-hetero) is 1. The minimum Gasteiger partial charge on any atom is -0.508 e. The van der Waals surface area contributed by atoms with Gasteiger partial charge in [-0.2, -0.15) is 0 Å². The second-order valence-electron chi connectivity index (χ2n) is 5.97. The Morgan fingerprint density at radius 2 is 1.77 bits per heavy atom. The van der Waals surface area contributed by atoms with Crippen LogP contribution in [0.15, 0.2) is 24.3 Å². The predicted molar refractivity (Wildman–Crippen MR) is 93.3 cm³/mol. The highest BCUT2D eigenvalue weighted by Gasteiger charge is 2.33. The number of benzene rings is 1. The Kier molecular flexibility index (Phi) is 4.76. The Morgan fingerprint density at radius 1 is 1.14 bits per heavy atom. The fraction of sp³-hybridized carbons (Fsp3) is 0.421. The molecule has 22 heavy (non-hydrogen) atoms. The van der Waals surface area contributed by atoms with Gasteiger partial charge in [-0.05, 0) is 62.4 Å². The number of carbonyl (C=O) groups is 1. The zero-order valence-electron chi connectivity index (χ0n) is 14.0. The summed E-state index contributed by atoms with van der Waals surface area (Å²) < 4.78 is 0. The van der Waals surface area contributed by atoms with Crippen molar-refractivity contribution in [1.29, 1.82) is 0 Å². The van der Waals surface area contributed by atoms with E-state index in [-0.39, 0.29) is 11.2 Å². The maximum Gasteiger partial charge on any atom is 0.169 e. The highest BCUT2D eigenvalue weighted by Crippen LogP contribution is 2.44. The van der Waals surface area contributed by atoms with E-state index in [4.69, 9.17) is 0 Å². The molecule has 0 amide bonds. The lowest BCUT2D eigenvalue weighted by Crippen LogP contribution is -2.24. The van der Waals surface area contributed by atoms with Crippen molar-refractivity contribution in [3.63, 3.8) is 0 Å². The lowest BCUT2D eigenvalue weighted by atomic mass is 9.74. The fourth-order valence-electron chi connectivity index (χ4n) is 3.17. The molecule has 2 rings (SSSR count). The van der Waals surface area contributed by atoms with Gasteiger partial charge < -0.3 is 5.11 Å². The maximum absolute atomic E-state index is 11.8. The highest BCUT2D eigenvalue weighted by molar-refractivity contribution is 7.14. The summed E-state index contributed by atoms with van der Waals surface area (Å²) in [4.78, 5) is 13.9. The molecule has 0 aliphatic heterocycles. The third kappa shape index (κ3) is 2.70. The van der Waals surface area contributed by atoms with Crippen molar-refractivity contribution in [2.75, 3.05) is 0 Å². The van der Waals surface area contributed by atoms with Gasteiger partial charge in [-0.15, -0.1) is 11.3 Å². The van der Waals surface area contributed by atoms with E-state index in [1.807, 2.05) is 19.9 Å². The maximum atomic E-state index is 11.8. The van der Waals surface area contributed by atoms with Crippen LogP contribution in [0.2, 0.25) is 0 Å². The molecule has 1 aromatic carbocycles. The van der Waals surface area contributed by atoms with E-state index in [2.05, 4.69) is 26.0 Å². The molecule has 2 nitrogen and oxygen atoms in total. The van der Waals surface area contributed by atoms with Crippen LogP contribution >= 0.6 is 11.3 Å². The fourth-order valence-corrected chi connectivity index (χ4v) is 4.59. The van der Waals surface area contributed by atoms with Crippen LogP contribution in [-0.2, 0) is 5.41 Å². The van der Waals surface area contributed by atoms with Crippen molar-refractivity contribution in [1.82, 2.24) is 0 Å². The van der Waals surface area contributed by atoms with Crippen molar-refractivity contribution < 1.29 is 9.90 Å². The molecule has 0 atom stereocenters. The van der Waals surface area contributed by atoms with Gasteiger partial charge in [-0.3, -0.25) is 4.79 Å². The lowest BCUT2D eigenvalue weighted by Gasteiger charge is -2.32. The first-order valence-electron chi connectivity index (χ1n) is 7.77. The van der Waals surface area contributed by atoms with Crippen molar-refractivity contribution in [3.05, 3.63) is 50.7 Å². The standard InChI is InChI=1S/C19H24O2S/c1-6-19(7-2,15-8-9-16(21)12(3)10-15)17-11-13(4)18(22-17)14(5)20/h8-11,21H,6-7H2,1-5H3.